The maximum Gasteiger partial charge on any atom is 0.306 e. The molecular formula is C40H54N2O6S. The number of aliphatic hydroxyl groups excluding tert-OH is 1. The van der Waals surface area contributed by atoms with Gasteiger partial charge in [-0.3, -0.25) is 14.3 Å². The lowest BCUT2D eigenvalue weighted by Gasteiger charge is -2.60. The lowest BCUT2D eigenvalue weighted by Crippen LogP contribution is -2.64. The standard InChI is InChI=1S/C40H54N2O6S/c1-5-10-35(45)46-23-33(44)40-34(47-37(48-40)24-11-8-7-9-12-24)18-30-29-16-13-26-17-31-25(19-38(26,3)36(29)32(43)20-39(30,40)4)21-41-42(31)22-28-15-14-27(6-2)49-28/h14-15,17,21,24,29-30,32,34,36-37,43H,5-13,16,18-20,22-23H2,1-4H3/t29-,30-,32-,34+,36+,37?,38-,39-,40+/m0/s1. The average Bonchev–Trinajstić information content (AvgIpc) is 3.86. The fourth-order valence-corrected chi connectivity index (χ4v) is 12.6. The minimum absolute atomic E-state index is 0.0639. The monoisotopic (exact) mass is 690 g/mol. The maximum atomic E-state index is 14.5. The van der Waals surface area contributed by atoms with Gasteiger partial charge in [-0.15, -0.1) is 11.3 Å². The highest BCUT2D eigenvalue weighted by molar-refractivity contribution is 7.11. The summed E-state index contributed by atoms with van der Waals surface area (Å²) in [4.78, 5) is 29.7. The highest BCUT2D eigenvalue weighted by Crippen LogP contribution is 2.70. The molecule has 1 unspecified atom stereocenters. The normalized spacial score (nSPS) is 38.2. The van der Waals surface area contributed by atoms with Crippen LogP contribution in [0.3, 0.4) is 0 Å². The minimum Gasteiger partial charge on any atom is -0.458 e. The third-order valence-electron chi connectivity index (χ3n) is 13.9. The fourth-order valence-electron chi connectivity index (χ4n) is 11.6. The number of hydrogen-bond donors (Lipinski definition) is 1. The van der Waals surface area contributed by atoms with Gasteiger partial charge in [0.15, 0.2) is 18.5 Å². The van der Waals surface area contributed by atoms with Crippen LogP contribution in [0.1, 0.15) is 119 Å². The van der Waals surface area contributed by atoms with Crippen LogP contribution in [-0.4, -0.2) is 57.3 Å². The van der Waals surface area contributed by atoms with E-state index in [4.69, 9.17) is 19.3 Å². The first-order valence-electron chi connectivity index (χ1n) is 19.1. The van der Waals surface area contributed by atoms with Gasteiger partial charge in [-0.25, -0.2) is 0 Å². The number of aliphatic hydroxyl groups is 1. The van der Waals surface area contributed by atoms with E-state index in [0.717, 1.165) is 64.3 Å². The summed E-state index contributed by atoms with van der Waals surface area (Å²) in [6.45, 7) is 9.16. The number of allylic oxidation sites excluding steroid dienone is 1. The Morgan fingerprint density at radius 1 is 1.12 bits per heavy atom. The molecule has 266 valence electrons. The first-order chi connectivity index (χ1) is 23.6. The number of Topliss-reactive ketones (excluding diaryl/α,β-unsaturated/α-hetero) is 1. The molecule has 0 radical (unpaired) electrons. The molecule has 1 aliphatic heterocycles. The number of ketones is 1. The van der Waals surface area contributed by atoms with E-state index in [1.807, 2.05) is 24.5 Å². The lowest BCUT2D eigenvalue weighted by molar-refractivity contribution is -0.212. The lowest BCUT2D eigenvalue weighted by atomic mass is 9.45. The van der Waals surface area contributed by atoms with E-state index in [1.54, 1.807) is 0 Å². The smallest absolute Gasteiger partial charge is 0.306 e. The summed E-state index contributed by atoms with van der Waals surface area (Å²) in [6.07, 6.45) is 14.6. The number of fused-ring (bicyclic) bond motifs is 8. The molecule has 9 heteroatoms. The molecule has 0 amide bonds. The van der Waals surface area contributed by atoms with E-state index in [9.17, 15) is 14.7 Å². The van der Waals surface area contributed by atoms with Crippen LogP contribution in [0.15, 0.2) is 23.9 Å². The number of ether oxygens (including phenoxy) is 3. The Kier molecular flexibility index (Phi) is 8.77. The molecule has 5 fully saturated rings. The van der Waals surface area contributed by atoms with E-state index in [1.165, 1.54) is 33.0 Å². The van der Waals surface area contributed by atoms with Crippen LogP contribution in [0, 0.1) is 34.5 Å². The van der Waals surface area contributed by atoms with Gasteiger partial charge in [0.25, 0.3) is 0 Å². The molecule has 5 aliphatic carbocycles. The van der Waals surface area contributed by atoms with Crippen molar-refractivity contribution in [3.63, 3.8) is 0 Å². The predicted molar refractivity (Wildman–Crippen MR) is 188 cm³/mol. The number of nitrogens with zero attached hydrogens (tertiary/aromatic N) is 2. The second-order valence-corrected chi connectivity index (χ2v) is 17.8. The van der Waals surface area contributed by atoms with Gasteiger partial charge in [-0.2, -0.15) is 5.10 Å². The molecule has 2 aromatic heterocycles. The third-order valence-corrected chi connectivity index (χ3v) is 15.1. The minimum atomic E-state index is -1.23. The topological polar surface area (TPSA) is 99.9 Å². The van der Waals surface area contributed by atoms with Crippen LogP contribution < -0.4 is 0 Å². The maximum absolute atomic E-state index is 14.5. The largest absolute Gasteiger partial charge is 0.458 e. The van der Waals surface area contributed by atoms with Crippen LogP contribution >= 0.6 is 11.3 Å². The van der Waals surface area contributed by atoms with Crippen LogP contribution in [0.25, 0.3) is 6.08 Å². The second-order valence-electron chi connectivity index (χ2n) is 16.5. The van der Waals surface area contributed by atoms with Gasteiger partial charge in [-0.05, 0) is 105 Å². The fraction of sp³-hybridized carbons (Fsp3) is 0.725. The van der Waals surface area contributed by atoms with E-state index in [2.05, 4.69) is 43.7 Å². The summed E-state index contributed by atoms with van der Waals surface area (Å²) in [7, 11) is 0. The molecule has 49 heavy (non-hydrogen) atoms. The molecule has 6 aliphatic rings. The number of hydrogen-bond acceptors (Lipinski definition) is 8. The third kappa shape index (κ3) is 5.26. The molecule has 9 atom stereocenters. The first-order valence-corrected chi connectivity index (χ1v) is 20.0. The highest BCUT2D eigenvalue weighted by atomic mass is 32.1. The van der Waals surface area contributed by atoms with Crippen molar-refractivity contribution in [1.29, 1.82) is 0 Å². The zero-order valence-electron chi connectivity index (χ0n) is 29.7. The van der Waals surface area contributed by atoms with Crippen molar-refractivity contribution < 1.29 is 28.9 Å². The Balaban J connectivity index is 1.09. The SMILES string of the molecule is CCCC(=O)OCC(=O)[C@@]12OC(C3CCCCC3)O[C@@H]1C[C@H]1[C@@H]3CCC4=Cc5c(cnn5Cc5ccc(CC)s5)C[C@]4(C)[C@H]3[C@@H](O)C[C@@]12C. The van der Waals surface area contributed by atoms with Crippen molar-refractivity contribution in [3.8, 4) is 0 Å². The molecular weight excluding hydrogens is 637 g/mol. The molecule has 2 aromatic rings. The van der Waals surface area contributed by atoms with Gasteiger partial charge in [0.1, 0.15) is 0 Å². The van der Waals surface area contributed by atoms with Crippen molar-refractivity contribution in [2.75, 3.05) is 6.61 Å². The molecule has 0 aromatic carbocycles. The van der Waals surface area contributed by atoms with Gasteiger partial charge in [-0.1, -0.05) is 52.5 Å². The summed E-state index contributed by atoms with van der Waals surface area (Å²) in [6, 6.07) is 4.46. The number of carbonyl (C=O) groups excluding carboxylic acids is 2. The summed E-state index contributed by atoms with van der Waals surface area (Å²) < 4.78 is 21.6. The molecule has 3 heterocycles. The number of esters is 1. The summed E-state index contributed by atoms with van der Waals surface area (Å²) in [5.74, 6) is 0.170. The number of rotatable bonds is 9. The Hall–Kier alpha value is -2.33. The molecule has 8 rings (SSSR count). The Labute approximate surface area is 295 Å². The molecule has 0 spiro atoms. The number of thiophene rings is 1. The predicted octanol–water partition coefficient (Wildman–Crippen LogP) is 7.29. The number of aryl methyl sites for hydroxylation is 1. The summed E-state index contributed by atoms with van der Waals surface area (Å²) >= 11 is 1.87. The number of aromatic nitrogens is 2. The van der Waals surface area contributed by atoms with E-state index in [0.29, 0.717) is 12.8 Å². The van der Waals surface area contributed by atoms with Crippen molar-refractivity contribution in [2.45, 2.75) is 142 Å². The second kappa shape index (κ2) is 12.7. The van der Waals surface area contributed by atoms with Crippen molar-refractivity contribution in [2.24, 2.45) is 34.5 Å². The quantitative estimate of drug-likeness (QED) is 0.276. The van der Waals surface area contributed by atoms with E-state index >= 15 is 0 Å². The molecule has 4 saturated carbocycles. The van der Waals surface area contributed by atoms with Crippen molar-refractivity contribution in [1.82, 2.24) is 9.78 Å². The van der Waals surface area contributed by atoms with Crippen molar-refractivity contribution >= 4 is 29.2 Å². The van der Waals surface area contributed by atoms with Crippen LogP contribution in [0.2, 0.25) is 0 Å². The average molecular weight is 691 g/mol. The van der Waals surface area contributed by atoms with Crippen molar-refractivity contribution in [3.05, 3.63) is 44.9 Å². The summed E-state index contributed by atoms with van der Waals surface area (Å²) in [5.41, 5.74) is 1.83. The van der Waals surface area contributed by atoms with Crippen LogP contribution in [0.4, 0.5) is 0 Å². The number of carbonyl (C=O) groups is 2. The molecule has 1 N–H and O–H groups in total. The summed E-state index contributed by atoms with van der Waals surface area (Å²) in [5, 5.41) is 17.2. The van der Waals surface area contributed by atoms with Gasteiger partial charge in [0.2, 0.25) is 5.78 Å². The van der Waals surface area contributed by atoms with Gasteiger partial charge >= 0.3 is 5.97 Å². The molecule has 1 saturated heterocycles. The zero-order chi connectivity index (χ0) is 34.1. The molecule has 0 bridgehead atoms. The van der Waals surface area contributed by atoms with Gasteiger partial charge < -0.3 is 19.3 Å². The van der Waals surface area contributed by atoms with Crippen LogP contribution in [0.5, 0.6) is 0 Å². The molecule has 8 nitrogen and oxygen atoms in total. The van der Waals surface area contributed by atoms with E-state index < -0.39 is 29.5 Å². The van der Waals surface area contributed by atoms with Crippen LogP contribution in [-0.2, 0) is 43.2 Å². The Morgan fingerprint density at radius 2 is 1.92 bits per heavy atom. The van der Waals surface area contributed by atoms with Gasteiger partial charge in [0, 0.05) is 27.5 Å². The van der Waals surface area contributed by atoms with E-state index in [-0.39, 0.29) is 53.9 Å². The Bertz CT molecular complexity index is 1620. The Morgan fingerprint density at radius 3 is 2.67 bits per heavy atom. The first kappa shape index (κ1) is 33.8. The highest BCUT2D eigenvalue weighted by Gasteiger charge is 2.76. The van der Waals surface area contributed by atoms with Gasteiger partial charge in [0.05, 0.1) is 30.6 Å². The zero-order valence-corrected chi connectivity index (χ0v) is 30.6.